The summed E-state index contributed by atoms with van der Waals surface area (Å²) in [5, 5.41) is 0. The van der Waals surface area contributed by atoms with Gasteiger partial charge in [0.2, 0.25) is 0 Å². The first-order valence-electron chi connectivity index (χ1n) is 3.61. The van der Waals surface area contributed by atoms with E-state index in [1.807, 2.05) is 13.8 Å². The Morgan fingerprint density at radius 1 is 1.36 bits per heavy atom. The zero-order valence-electron chi connectivity index (χ0n) is 7.00. The van der Waals surface area contributed by atoms with Crippen molar-refractivity contribution in [2.24, 2.45) is 0 Å². The Kier molecular flexibility index (Phi) is 6.90. The van der Waals surface area contributed by atoms with Gasteiger partial charge in [-0.05, 0) is 13.8 Å². The molecule has 64 valence electrons. The van der Waals surface area contributed by atoms with Gasteiger partial charge in [-0.3, -0.25) is 0 Å². The predicted octanol–water partition coefficient (Wildman–Crippen LogP) is 0.993. The molecule has 0 saturated heterocycles. The standard InChI is InChI=1S/C8H14O3/c1-4-9-6-7-11-8(3)10-5-2/h1,8H,5-7H2,2-3H3. The molecule has 0 aliphatic heterocycles. The Labute approximate surface area is 67.6 Å². The normalized spacial score (nSPS) is 12.1. The lowest BCUT2D eigenvalue weighted by Gasteiger charge is -2.11. The first-order valence-corrected chi connectivity index (χ1v) is 3.61. The summed E-state index contributed by atoms with van der Waals surface area (Å²) in [7, 11) is 0. The number of hydrogen-bond acceptors (Lipinski definition) is 3. The van der Waals surface area contributed by atoms with Crippen molar-refractivity contribution in [3.05, 3.63) is 0 Å². The minimum Gasteiger partial charge on any atom is -0.444 e. The van der Waals surface area contributed by atoms with E-state index in [1.54, 1.807) is 0 Å². The number of terminal acetylenes is 1. The topological polar surface area (TPSA) is 27.7 Å². The molecule has 0 bridgehead atoms. The zero-order valence-corrected chi connectivity index (χ0v) is 7.00. The van der Waals surface area contributed by atoms with Gasteiger partial charge in [-0.25, -0.2) is 0 Å². The van der Waals surface area contributed by atoms with E-state index >= 15 is 0 Å². The van der Waals surface area contributed by atoms with Crippen LogP contribution >= 0.6 is 0 Å². The molecular formula is C8H14O3. The Bertz CT molecular complexity index is 117. The molecule has 0 heterocycles. The van der Waals surface area contributed by atoms with Crippen molar-refractivity contribution in [1.29, 1.82) is 0 Å². The van der Waals surface area contributed by atoms with Crippen molar-refractivity contribution in [2.45, 2.75) is 20.1 Å². The van der Waals surface area contributed by atoms with Crippen molar-refractivity contribution in [2.75, 3.05) is 19.8 Å². The van der Waals surface area contributed by atoms with Crippen LogP contribution in [0.4, 0.5) is 0 Å². The minimum atomic E-state index is -0.179. The van der Waals surface area contributed by atoms with E-state index in [9.17, 15) is 0 Å². The molecule has 11 heavy (non-hydrogen) atoms. The van der Waals surface area contributed by atoms with Gasteiger partial charge in [-0.1, -0.05) is 6.42 Å². The SMILES string of the molecule is C#COCCOC(C)OCC. The highest BCUT2D eigenvalue weighted by Crippen LogP contribution is 1.91. The first kappa shape index (κ1) is 10.3. The molecule has 0 aliphatic rings. The highest BCUT2D eigenvalue weighted by molar-refractivity contribution is 4.67. The van der Waals surface area contributed by atoms with Crippen molar-refractivity contribution < 1.29 is 14.2 Å². The third-order valence-electron chi connectivity index (χ3n) is 1.02. The van der Waals surface area contributed by atoms with Crippen molar-refractivity contribution in [3.63, 3.8) is 0 Å². The lowest BCUT2D eigenvalue weighted by atomic mass is 10.7. The maximum absolute atomic E-state index is 5.14. The van der Waals surface area contributed by atoms with Crippen LogP contribution in [0.25, 0.3) is 0 Å². The Balaban J connectivity index is 3.05. The van der Waals surface area contributed by atoms with Gasteiger partial charge in [0.05, 0.1) is 6.61 Å². The fourth-order valence-electron chi connectivity index (χ4n) is 0.597. The van der Waals surface area contributed by atoms with Crippen LogP contribution in [0, 0.1) is 12.5 Å². The monoisotopic (exact) mass is 158 g/mol. The molecule has 0 radical (unpaired) electrons. The molecule has 0 amide bonds. The summed E-state index contributed by atoms with van der Waals surface area (Å²) >= 11 is 0. The summed E-state index contributed by atoms with van der Waals surface area (Å²) in [5.74, 6) is 0. The summed E-state index contributed by atoms with van der Waals surface area (Å²) < 4.78 is 14.8. The average molecular weight is 158 g/mol. The van der Waals surface area contributed by atoms with Gasteiger partial charge in [0, 0.05) is 6.61 Å². The second-order valence-corrected chi connectivity index (χ2v) is 1.86. The third-order valence-corrected chi connectivity index (χ3v) is 1.02. The van der Waals surface area contributed by atoms with Gasteiger partial charge in [-0.15, -0.1) is 0 Å². The van der Waals surface area contributed by atoms with Crippen molar-refractivity contribution in [3.8, 4) is 12.5 Å². The van der Waals surface area contributed by atoms with E-state index in [-0.39, 0.29) is 6.29 Å². The van der Waals surface area contributed by atoms with Crippen LogP contribution in [0.3, 0.4) is 0 Å². The van der Waals surface area contributed by atoms with Crippen LogP contribution in [0.5, 0.6) is 0 Å². The molecule has 1 unspecified atom stereocenters. The number of hydrogen-bond donors (Lipinski definition) is 0. The minimum absolute atomic E-state index is 0.179. The molecule has 3 nitrogen and oxygen atoms in total. The molecule has 0 spiro atoms. The molecule has 1 atom stereocenters. The first-order chi connectivity index (χ1) is 5.31. The molecule has 0 aromatic carbocycles. The number of rotatable bonds is 6. The van der Waals surface area contributed by atoms with E-state index in [0.29, 0.717) is 19.8 Å². The van der Waals surface area contributed by atoms with Gasteiger partial charge in [-0.2, -0.15) is 0 Å². The van der Waals surface area contributed by atoms with E-state index in [4.69, 9.17) is 15.9 Å². The fraction of sp³-hybridized carbons (Fsp3) is 0.750. The Morgan fingerprint density at radius 2 is 2.09 bits per heavy atom. The third kappa shape index (κ3) is 7.17. The van der Waals surface area contributed by atoms with Crippen molar-refractivity contribution >= 4 is 0 Å². The second kappa shape index (κ2) is 7.39. The lowest BCUT2D eigenvalue weighted by Crippen LogP contribution is -2.15. The maximum Gasteiger partial charge on any atom is 0.154 e. The Hall–Kier alpha value is -0.720. The van der Waals surface area contributed by atoms with E-state index < -0.39 is 0 Å². The average Bonchev–Trinajstić information content (AvgIpc) is 1.99. The molecule has 3 heteroatoms. The molecule has 0 aromatic rings. The molecule has 0 fully saturated rings. The maximum atomic E-state index is 5.14. The largest absolute Gasteiger partial charge is 0.444 e. The Morgan fingerprint density at radius 3 is 2.64 bits per heavy atom. The molecule has 0 aliphatic carbocycles. The smallest absolute Gasteiger partial charge is 0.154 e. The molecule has 0 N–H and O–H groups in total. The van der Waals surface area contributed by atoms with E-state index in [2.05, 4.69) is 10.8 Å². The van der Waals surface area contributed by atoms with Crippen LogP contribution in [-0.2, 0) is 14.2 Å². The fourth-order valence-corrected chi connectivity index (χ4v) is 0.597. The van der Waals surface area contributed by atoms with Crippen molar-refractivity contribution in [1.82, 2.24) is 0 Å². The van der Waals surface area contributed by atoms with Gasteiger partial charge < -0.3 is 14.2 Å². The second-order valence-electron chi connectivity index (χ2n) is 1.86. The number of ether oxygens (including phenoxy) is 3. The van der Waals surface area contributed by atoms with Gasteiger partial charge >= 0.3 is 0 Å². The highest BCUT2D eigenvalue weighted by atomic mass is 16.7. The lowest BCUT2D eigenvalue weighted by molar-refractivity contribution is -0.132. The molecule has 0 rings (SSSR count). The molecular weight excluding hydrogens is 144 g/mol. The van der Waals surface area contributed by atoms with Crippen LogP contribution in [0.15, 0.2) is 0 Å². The predicted molar refractivity (Wildman–Crippen MR) is 41.8 cm³/mol. The zero-order chi connectivity index (χ0) is 8.53. The van der Waals surface area contributed by atoms with Crippen LogP contribution in [0.1, 0.15) is 13.8 Å². The molecule has 0 saturated carbocycles. The van der Waals surface area contributed by atoms with E-state index in [0.717, 1.165) is 0 Å². The summed E-state index contributed by atoms with van der Waals surface area (Å²) in [6.07, 6.45) is 6.72. The summed E-state index contributed by atoms with van der Waals surface area (Å²) in [4.78, 5) is 0. The summed E-state index contributed by atoms with van der Waals surface area (Å²) in [6.45, 7) is 5.27. The van der Waals surface area contributed by atoms with Crippen LogP contribution in [0.2, 0.25) is 0 Å². The van der Waals surface area contributed by atoms with Crippen LogP contribution < -0.4 is 0 Å². The van der Waals surface area contributed by atoms with Gasteiger partial charge in [0.15, 0.2) is 6.29 Å². The summed E-state index contributed by atoms with van der Waals surface area (Å²) in [6, 6.07) is 0. The molecule has 0 aromatic heterocycles. The summed E-state index contributed by atoms with van der Waals surface area (Å²) in [5.41, 5.74) is 0. The van der Waals surface area contributed by atoms with Gasteiger partial charge in [0.25, 0.3) is 0 Å². The quantitative estimate of drug-likeness (QED) is 0.328. The van der Waals surface area contributed by atoms with E-state index in [1.165, 1.54) is 0 Å². The van der Waals surface area contributed by atoms with Gasteiger partial charge in [0.1, 0.15) is 12.7 Å². The highest BCUT2D eigenvalue weighted by Gasteiger charge is 1.98. The van der Waals surface area contributed by atoms with Crippen LogP contribution in [-0.4, -0.2) is 26.1 Å².